The van der Waals surface area contributed by atoms with E-state index < -0.39 is 23.7 Å². The van der Waals surface area contributed by atoms with E-state index in [1.54, 1.807) is 24.0 Å². The number of ketones is 1. The lowest BCUT2D eigenvalue weighted by Gasteiger charge is -2.40. The number of benzene rings is 1. The lowest BCUT2D eigenvalue weighted by atomic mass is 9.87. The molecule has 0 saturated carbocycles. The molecule has 1 fully saturated rings. The van der Waals surface area contributed by atoms with Gasteiger partial charge < -0.3 is 5.32 Å². The van der Waals surface area contributed by atoms with Crippen molar-refractivity contribution in [3.05, 3.63) is 89.6 Å². The number of aromatic nitrogens is 2. The molecule has 1 aliphatic rings. The van der Waals surface area contributed by atoms with Gasteiger partial charge in [-0.3, -0.25) is 19.5 Å². The van der Waals surface area contributed by atoms with Crippen LogP contribution in [0, 0.1) is 5.82 Å². The molecule has 1 aliphatic heterocycles. The molecule has 2 unspecified atom stereocenters. The summed E-state index contributed by atoms with van der Waals surface area (Å²) in [5.41, 5.74) is 1.09. The van der Waals surface area contributed by atoms with Crippen molar-refractivity contribution in [1.82, 2.24) is 14.9 Å². The van der Waals surface area contributed by atoms with Gasteiger partial charge in [-0.25, -0.2) is 18.2 Å². The van der Waals surface area contributed by atoms with Crippen molar-refractivity contribution in [1.29, 1.82) is 0 Å². The first-order valence-corrected chi connectivity index (χ1v) is 10.8. The fourth-order valence-corrected chi connectivity index (χ4v) is 3.99. The maximum Gasteiger partial charge on any atom is 0.257 e. The second-order valence-corrected chi connectivity index (χ2v) is 8.27. The molecular weight excluding hydrogens is 445 g/mol. The molecule has 4 rings (SSSR count). The molecule has 2 atom stereocenters. The van der Waals surface area contributed by atoms with Crippen molar-refractivity contribution in [2.75, 3.05) is 18.4 Å². The molecule has 0 aliphatic carbocycles. The Kier molecular flexibility index (Phi) is 6.74. The molecule has 0 spiro atoms. The number of likely N-dealkylation sites (tertiary alicyclic amines) is 1. The van der Waals surface area contributed by atoms with Crippen LogP contribution < -0.4 is 5.32 Å². The minimum atomic E-state index is -2.87. The van der Waals surface area contributed by atoms with Crippen LogP contribution in [0.5, 0.6) is 0 Å². The molecule has 1 aromatic carbocycles. The van der Waals surface area contributed by atoms with Gasteiger partial charge in [-0.1, -0.05) is 0 Å². The maximum atomic E-state index is 14.6. The molecule has 6 nitrogen and oxygen atoms in total. The largest absolute Gasteiger partial charge is 0.309 e. The van der Waals surface area contributed by atoms with Gasteiger partial charge in [0.1, 0.15) is 11.6 Å². The van der Waals surface area contributed by atoms with Crippen LogP contribution in [0.3, 0.4) is 0 Å². The van der Waals surface area contributed by atoms with E-state index in [9.17, 15) is 22.8 Å². The minimum absolute atomic E-state index is 0.0319. The SMILES string of the molecule is CC(C(=O)Nc1ccc(C(=O)c2ccc(F)cc2)cn1)N1CCC(F)(F)C(c2ccncc2)C1. The highest BCUT2D eigenvalue weighted by Crippen LogP contribution is 2.40. The fourth-order valence-electron chi connectivity index (χ4n) is 3.99. The van der Waals surface area contributed by atoms with Gasteiger partial charge in [-0.05, 0) is 61.0 Å². The second kappa shape index (κ2) is 9.72. The lowest BCUT2D eigenvalue weighted by Crippen LogP contribution is -2.52. The van der Waals surface area contributed by atoms with E-state index in [-0.39, 0.29) is 42.6 Å². The Hall–Kier alpha value is -3.59. The topological polar surface area (TPSA) is 75.2 Å². The van der Waals surface area contributed by atoms with E-state index in [4.69, 9.17) is 0 Å². The number of nitrogens with zero attached hydrogens (tertiary/aromatic N) is 3. The van der Waals surface area contributed by atoms with Crippen LogP contribution in [0.25, 0.3) is 0 Å². The summed E-state index contributed by atoms with van der Waals surface area (Å²) in [6, 6.07) is 10.7. The average molecular weight is 468 g/mol. The van der Waals surface area contributed by atoms with Gasteiger partial charge in [-0.15, -0.1) is 0 Å². The number of carbonyl (C=O) groups excluding carboxylic acids is 2. The number of alkyl halides is 2. The van der Waals surface area contributed by atoms with E-state index >= 15 is 0 Å². The third-order valence-corrected chi connectivity index (χ3v) is 6.08. The Bertz CT molecular complexity index is 1160. The zero-order valence-electron chi connectivity index (χ0n) is 18.4. The van der Waals surface area contributed by atoms with Crippen LogP contribution in [0.2, 0.25) is 0 Å². The van der Waals surface area contributed by atoms with E-state index in [2.05, 4.69) is 15.3 Å². The summed E-state index contributed by atoms with van der Waals surface area (Å²) < 4.78 is 42.2. The molecule has 1 saturated heterocycles. The monoisotopic (exact) mass is 468 g/mol. The number of pyridine rings is 2. The predicted octanol–water partition coefficient (Wildman–Crippen LogP) is 4.30. The molecule has 1 amide bonds. The van der Waals surface area contributed by atoms with E-state index in [1.807, 2.05) is 0 Å². The molecular formula is C25H23F3N4O2. The van der Waals surface area contributed by atoms with Gasteiger partial charge in [0, 0.05) is 49.2 Å². The highest BCUT2D eigenvalue weighted by molar-refractivity contribution is 6.09. The van der Waals surface area contributed by atoms with Crippen LogP contribution in [0.4, 0.5) is 19.0 Å². The average Bonchev–Trinajstić information content (AvgIpc) is 2.84. The zero-order valence-corrected chi connectivity index (χ0v) is 18.4. The molecule has 1 N–H and O–H groups in total. The fraction of sp³-hybridized carbons (Fsp3) is 0.280. The van der Waals surface area contributed by atoms with Crippen LogP contribution in [-0.2, 0) is 4.79 Å². The number of hydrogen-bond donors (Lipinski definition) is 1. The van der Waals surface area contributed by atoms with E-state index in [0.717, 1.165) is 0 Å². The summed E-state index contributed by atoms with van der Waals surface area (Å²) in [4.78, 5) is 35.0. The predicted molar refractivity (Wildman–Crippen MR) is 120 cm³/mol. The van der Waals surface area contributed by atoms with Gasteiger partial charge in [0.05, 0.1) is 12.0 Å². The second-order valence-electron chi connectivity index (χ2n) is 8.27. The van der Waals surface area contributed by atoms with Crippen molar-refractivity contribution in [3.63, 3.8) is 0 Å². The molecule has 34 heavy (non-hydrogen) atoms. The molecule has 176 valence electrons. The number of halogens is 3. The number of rotatable bonds is 6. The maximum absolute atomic E-state index is 14.6. The quantitative estimate of drug-likeness (QED) is 0.546. The van der Waals surface area contributed by atoms with Crippen molar-refractivity contribution < 1.29 is 22.8 Å². The summed E-state index contributed by atoms with van der Waals surface area (Å²) in [5, 5.41) is 2.68. The third-order valence-electron chi connectivity index (χ3n) is 6.08. The van der Waals surface area contributed by atoms with Crippen LogP contribution in [0.1, 0.15) is 40.7 Å². The molecule has 3 aromatic rings. The Morgan fingerprint density at radius 3 is 2.38 bits per heavy atom. The molecule has 9 heteroatoms. The molecule has 3 heterocycles. The highest BCUT2D eigenvalue weighted by Gasteiger charge is 2.46. The summed E-state index contributed by atoms with van der Waals surface area (Å²) >= 11 is 0. The molecule has 0 radical (unpaired) electrons. The van der Waals surface area contributed by atoms with Crippen LogP contribution in [-0.4, -0.2) is 51.6 Å². The Labute approximate surface area is 194 Å². The third kappa shape index (κ3) is 5.14. The first-order valence-electron chi connectivity index (χ1n) is 10.8. The number of piperidine rings is 1. The summed E-state index contributed by atoms with van der Waals surface area (Å²) in [5.74, 6) is -4.82. The minimum Gasteiger partial charge on any atom is -0.309 e. The van der Waals surface area contributed by atoms with Gasteiger partial charge in [0.25, 0.3) is 5.92 Å². The van der Waals surface area contributed by atoms with Gasteiger partial charge >= 0.3 is 0 Å². The smallest absolute Gasteiger partial charge is 0.257 e. The summed E-state index contributed by atoms with van der Waals surface area (Å²) in [7, 11) is 0. The van der Waals surface area contributed by atoms with Gasteiger partial charge in [0.2, 0.25) is 5.91 Å². The Morgan fingerprint density at radius 2 is 1.74 bits per heavy atom. The number of carbonyl (C=O) groups is 2. The normalized spacial score (nSPS) is 18.8. The van der Waals surface area contributed by atoms with Gasteiger partial charge in [-0.2, -0.15) is 0 Å². The van der Waals surface area contributed by atoms with Crippen molar-refractivity contribution in [2.24, 2.45) is 0 Å². The lowest BCUT2D eigenvalue weighted by molar-refractivity contribution is -0.125. The first-order chi connectivity index (χ1) is 16.2. The van der Waals surface area contributed by atoms with Crippen molar-refractivity contribution >= 4 is 17.5 Å². The van der Waals surface area contributed by atoms with Crippen molar-refractivity contribution in [3.8, 4) is 0 Å². The molecule has 0 bridgehead atoms. The number of anilines is 1. The van der Waals surface area contributed by atoms with Crippen LogP contribution in [0.15, 0.2) is 67.1 Å². The van der Waals surface area contributed by atoms with Crippen LogP contribution >= 0.6 is 0 Å². The van der Waals surface area contributed by atoms with Gasteiger partial charge in [0.15, 0.2) is 5.78 Å². The standard InChI is InChI=1S/C25H23F3N4O2/c1-16(32-13-10-25(27,28)21(15-32)17-8-11-29-12-9-17)24(34)31-22-7-4-19(14-30-22)23(33)18-2-5-20(26)6-3-18/h2-9,11-12,14,16,21H,10,13,15H2,1H3,(H,30,31,34). The summed E-state index contributed by atoms with van der Waals surface area (Å²) in [6.07, 6.45) is 3.94. The van der Waals surface area contributed by atoms with Crippen molar-refractivity contribution in [2.45, 2.75) is 31.2 Å². The number of nitrogens with one attached hydrogen (secondary N) is 1. The number of hydrogen-bond acceptors (Lipinski definition) is 5. The highest BCUT2D eigenvalue weighted by atomic mass is 19.3. The summed E-state index contributed by atoms with van der Waals surface area (Å²) in [6.45, 7) is 1.78. The molecule has 2 aromatic heterocycles. The Morgan fingerprint density at radius 1 is 1.06 bits per heavy atom. The Balaban J connectivity index is 1.40. The number of amides is 1. The first kappa shape index (κ1) is 23.6. The van der Waals surface area contributed by atoms with E-state index in [1.165, 1.54) is 55.0 Å². The zero-order chi connectivity index (χ0) is 24.3. The van der Waals surface area contributed by atoms with E-state index in [0.29, 0.717) is 11.1 Å².